The molecule has 1 atom stereocenters. The van der Waals surface area contributed by atoms with Crippen LogP contribution in [0, 0.1) is 0 Å². The van der Waals surface area contributed by atoms with Crippen molar-refractivity contribution in [2.45, 2.75) is 0 Å². The Balaban J connectivity index is 3.16. The van der Waals surface area contributed by atoms with Gasteiger partial charge in [-0.2, -0.15) is 0 Å². The van der Waals surface area contributed by atoms with Gasteiger partial charge in [-0.05, 0) is 18.2 Å². The molecule has 15 heavy (non-hydrogen) atoms. The standard InChI is InChI=1S/C10H13NO3S/c1-13-9-4-3-5-10(14-2)8(9)6-7-15(11)12/h3-7H,11H2,1-2H3. The zero-order valence-electron chi connectivity index (χ0n) is 8.60. The van der Waals surface area contributed by atoms with Crippen molar-refractivity contribution in [1.82, 2.24) is 0 Å². The van der Waals surface area contributed by atoms with E-state index in [1.165, 1.54) is 5.41 Å². The van der Waals surface area contributed by atoms with Gasteiger partial charge in [-0.3, -0.25) is 0 Å². The van der Waals surface area contributed by atoms with E-state index in [9.17, 15) is 4.21 Å². The molecule has 0 aliphatic rings. The first-order valence-electron chi connectivity index (χ1n) is 4.23. The second-order valence-electron chi connectivity index (χ2n) is 2.71. The fourth-order valence-corrected chi connectivity index (χ4v) is 1.45. The molecule has 0 aliphatic carbocycles. The van der Waals surface area contributed by atoms with Gasteiger partial charge < -0.3 is 9.47 Å². The van der Waals surface area contributed by atoms with Crippen LogP contribution in [0.5, 0.6) is 11.5 Å². The lowest BCUT2D eigenvalue weighted by molar-refractivity contribution is 0.392. The molecule has 1 unspecified atom stereocenters. The molecule has 1 aromatic rings. The third-order valence-electron chi connectivity index (χ3n) is 1.83. The van der Waals surface area contributed by atoms with Crippen LogP contribution >= 0.6 is 0 Å². The van der Waals surface area contributed by atoms with Crippen molar-refractivity contribution in [1.29, 1.82) is 0 Å². The second kappa shape index (κ2) is 5.53. The van der Waals surface area contributed by atoms with Crippen LogP contribution in [0.25, 0.3) is 6.08 Å². The zero-order valence-corrected chi connectivity index (χ0v) is 9.41. The maximum atomic E-state index is 10.7. The first-order valence-corrected chi connectivity index (χ1v) is 5.50. The van der Waals surface area contributed by atoms with Crippen LogP contribution in [-0.2, 0) is 11.0 Å². The highest BCUT2D eigenvalue weighted by atomic mass is 32.2. The van der Waals surface area contributed by atoms with Crippen molar-refractivity contribution in [3.63, 3.8) is 0 Å². The maximum absolute atomic E-state index is 10.7. The Morgan fingerprint density at radius 3 is 2.20 bits per heavy atom. The molecule has 4 nitrogen and oxygen atoms in total. The third-order valence-corrected chi connectivity index (χ3v) is 2.24. The molecule has 0 saturated carbocycles. The molecule has 0 radical (unpaired) electrons. The lowest BCUT2D eigenvalue weighted by Crippen LogP contribution is -1.97. The summed E-state index contributed by atoms with van der Waals surface area (Å²) in [6.07, 6.45) is 1.62. The molecule has 1 aromatic carbocycles. The van der Waals surface area contributed by atoms with Gasteiger partial charge in [0.1, 0.15) is 22.5 Å². The minimum Gasteiger partial charge on any atom is -0.496 e. The molecule has 1 rings (SSSR count). The minimum atomic E-state index is -1.48. The van der Waals surface area contributed by atoms with Gasteiger partial charge in [0.15, 0.2) is 0 Å². The fourth-order valence-electron chi connectivity index (χ4n) is 1.18. The number of benzene rings is 1. The summed E-state index contributed by atoms with van der Waals surface area (Å²) >= 11 is 0. The van der Waals surface area contributed by atoms with Gasteiger partial charge >= 0.3 is 0 Å². The van der Waals surface area contributed by atoms with Crippen LogP contribution in [0.15, 0.2) is 23.6 Å². The topological polar surface area (TPSA) is 61.6 Å². The average Bonchev–Trinajstić information content (AvgIpc) is 2.25. The Morgan fingerprint density at radius 2 is 1.80 bits per heavy atom. The van der Waals surface area contributed by atoms with Crippen molar-refractivity contribution < 1.29 is 13.7 Å². The van der Waals surface area contributed by atoms with Gasteiger partial charge in [-0.15, -0.1) is 0 Å². The molecule has 82 valence electrons. The van der Waals surface area contributed by atoms with Gasteiger partial charge in [0, 0.05) is 5.41 Å². The van der Waals surface area contributed by atoms with Gasteiger partial charge in [0.2, 0.25) is 0 Å². The molecular formula is C10H13NO3S. The zero-order chi connectivity index (χ0) is 11.3. The van der Waals surface area contributed by atoms with Crippen molar-refractivity contribution in [3.05, 3.63) is 29.2 Å². The number of nitrogens with two attached hydrogens (primary N) is 1. The summed E-state index contributed by atoms with van der Waals surface area (Å²) in [6.45, 7) is 0. The number of hydrogen-bond donors (Lipinski definition) is 1. The Labute approximate surface area is 91.3 Å². The van der Waals surface area contributed by atoms with Crippen LogP contribution in [0.3, 0.4) is 0 Å². The number of rotatable bonds is 4. The van der Waals surface area contributed by atoms with E-state index in [1.54, 1.807) is 32.4 Å². The predicted octanol–water partition coefficient (Wildman–Crippen LogP) is 1.30. The highest BCUT2D eigenvalue weighted by Gasteiger charge is 2.05. The summed E-state index contributed by atoms with van der Waals surface area (Å²) in [5.41, 5.74) is 0.723. The molecule has 0 aromatic heterocycles. The van der Waals surface area contributed by atoms with Crippen LogP contribution in [0.2, 0.25) is 0 Å². The number of hydrogen-bond acceptors (Lipinski definition) is 3. The van der Waals surface area contributed by atoms with E-state index in [4.69, 9.17) is 14.6 Å². The summed E-state index contributed by atoms with van der Waals surface area (Å²) in [7, 11) is 1.64. The van der Waals surface area contributed by atoms with Crippen LogP contribution in [0.4, 0.5) is 0 Å². The first kappa shape index (κ1) is 11.7. The van der Waals surface area contributed by atoms with E-state index in [0.29, 0.717) is 11.5 Å². The summed E-state index contributed by atoms with van der Waals surface area (Å²) in [4.78, 5) is 0. The van der Waals surface area contributed by atoms with Crippen molar-refractivity contribution in [3.8, 4) is 11.5 Å². The maximum Gasteiger partial charge on any atom is 0.129 e. The normalized spacial score (nSPS) is 12.7. The van der Waals surface area contributed by atoms with E-state index in [1.807, 2.05) is 6.07 Å². The van der Waals surface area contributed by atoms with Gasteiger partial charge in [0.25, 0.3) is 0 Å². The predicted molar refractivity (Wildman–Crippen MR) is 60.9 cm³/mol. The Hall–Kier alpha value is -1.33. The van der Waals surface area contributed by atoms with E-state index >= 15 is 0 Å². The van der Waals surface area contributed by atoms with Crippen LogP contribution < -0.4 is 14.6 Å². The van der Waals surface area contributed by atoms with E-state index in [2.05, 4.69) is 0 Å². The SMILES string of the molecule is COc1cccc(OC)c1C=CS(N)=O. The summed E-state index contributed by atoms with van der Waals surface area (Å²) in [5.74, 6) is 1.30. The van der Waals surface area contributed by atoms with Crippen molar-refractivity contribution in [2.75, 3.05) is 14.2 Å². The Morgan fingerprint density at radius 1 is 1.27 bits per heavy atom. The first-order chi connectivity index (χ1) is 7.19. The summed E-state index contributed by atoms with van der Waals surface area (Å²) in [6, 6.07) is 5.40. The second-order valence-corrected chi connectivity index (χ2v) is 3.64. The number of ether oxygens (including phenoxy) is 2. The van der Waals surface area contributed by atoms with Crippen LogP contribution in [0.1, 0.15) is 5.56 Å². The minimum absolute atomic E-state index is 0.649. The molecule has 0 heterocycles. The number of methoxy groups -OCH3 is 2. The molecule has 0 amide bonds. The third kappa shape index (κ3) is 3.07. The van der Waals surface area contributed by atoms with E-state index < -0.39 is 11.0 Å². The highest BCUT2D eigenvalue weighted by Crippen LogP contribution is 2.29. The lowest BCUT2D eigenvalue weighted by atomic mass is 10.2. The molecule has 0 fully saturated rings. The summed E-state index contributed by atoms with van der Waals surface area (Å²) < 4.78 is 21.0. The molecule has 0 spiro atoms. The van der Waals surface area contributed by atoms with Crippen molar-refractivity contribution >= 4 is 17.1 Å². The quantitative estimate of drug-likeness (QED) is 0.843. The Bertz CT molecular complexity index is 368. The van der Waals surface area contributed by atoms with E-state index in [0.717, 1.165) is 5.56 Å². The van der Waals surface area contributed by atoms with Crippen LogP contribution in [-0.4, -0.2) is 18.4 Å². The molecular weight excluding hydrogens is 214 g/mol. The van der Waals surface area contributed by atoms with Gasteiger partial charge in [-0.1, -0.05) is 6.07 Å². The molecule has 5 heteroatoms. The summed E-state index contributed by atoms with van der Waals surface area (Å²) in [5, 5.41) is 6.50. The Kier molecular flexibility index (Phi) is 4.33. The highest BCUT2D eigenvalue weighted by molar-refractivity contribution is 7.85. The molecule has 0 aliphatic heterocycles. The van der Waals surface area contributed by atoms with Gasteiger partial charge in [-0.25, -0.2) is 9.35 Å². The smallest absolute Gasteiger partial charge is 0.129 e. The fraction of sp³-hybridized carbons (Fsp3) is 0.200. The average molecular weight is 227 g/mol. The lowest BCUT2D eigenvalue weighted by Gasteiger charge is -2.09. The largest absolute Gasteiger partial charge is 0.496 e. The molecule has 2 N–H and O–H groups in total. The van der Waals surface area contributed by atoms with Crippen molar-refractivity contribution in [2.24, 2.45) is 5.14 Å². The molecule has 0 saturated heterocycles. The monoisotopic (exact) mass is 227 g/mol. The molecule has 0 bridgehead atoms. The van der Waals surface area contributed by atoms with E-state index in [-0.39, 0.29) is 0 Å². The van der Waals surface area contributed by atoms with Gasteiger partial charge in [0.05, 0.1) is 19.8 Å².